The molecule has 0 aromatic rings. The average molecular weight is 113 g/mol. The molecule has 0 amide bonds. The van der Waals surface area contributed by atoms with E-state index in [4.69, 9.17) is 0 Å². The highest BCUT2D eigenvalue weighted by atomic mass is 14.9. The van der Waals surface area contributed by atoms with E-state index in [0.717, 1.165) is 17.9 Å². The first-order chi connectivity index (χ1) is 3.72. The second-order valence-electron chi connectivity index (χ2n) is 3.03. The van der Waals surface area contributed by atoms with Crippen LogP contribution in [0.4, 0.5) is 0 Å². The third-order valence-corrected chi connectivity index (χ3v) is 2.45. The molecular weight excluding hydrogens is 98.1 g/mol. The van der Waals surface area contributed by atoms with Gasteiger partial charge in [0.2, 0.25) is 0 Å². The number of rotatable bonds is 0. The SMILES string of the molecule is C[C@@H]1[C@H](C)NC[C@@H]1C. The lowest BCUT2D eigenvalue weighted by molar-refractivity contribution is 0.436. The van der Waals surface area contributed by atoms with Crippen molar-refractivity contribution < 1.29 is 0 Å². The molecule has 1 heteroatoms. The van der Waals surface area contributed by atoms with Gasteiger partial charge in [-0.05, 0) is 25.3 Å². The molecule has 1 rings (SSSR count). The van der Waals surface area contributed by atoms with Crippen LogP contribution in [0, 0.1) is 11.8 Å². The van der Waals surface area contributed by atoms with Crippen molar-refractivity contribution in [3.63, 3.8) is 0 Å². The minimum atomic E-state index is 0.741. The fraction of sp³-hybridized carbons (Fsp3) is 1.00. The van der Waals surface area contributed by atoms with Gasteiger partial charge in [-0.1, -0.05) is 13.8 Å². The number of hydrogen-bond acceptors (Lipinski definition) is 1. The lowest BCUT2D eigenvalue weighted by Gasteiger charge is -2.10. The molecule has 0 aromatic carbocycles. The van der Waals surface area contributed by atoms with Gasteiger partial charge in [0.1, 0.15) is 0 Å². The van der Waals surface area contributed by atoms with Gasteiger partial charge >= 0.3 is 0 Å². The first kappa shape index (κ1) is 6.09. The molecule has 1 aliphatic rings. The third kappa shape index (κ3) is 0.873. The predicted octanol–water partition coefficient (Wildman–Crippen LogP) is 1.25. The Labute approximate surface area is 51.5 Å². The van der Waals surface area contributed by atoms with Gasteiger partial charge in [-0.2, -0.15) is 0 Å². The summed E-state index contributed by atoms with van der Waals surface area (Å²) in [6.07, 6.45) is 0. The predicted molar refractivity (Wildman–Crippen MR) is 35.8 cm³/mol. The van der Waals surface area contributed by atoms with Crippen molar-refractivity contribution in [2.24, 2.45) is 11.8 Å². The standard InChI is InChI=1S/C7H15N/c1-5-4-8-7(3)6(5)2/h5-8H,4H2,1-3H3/t5-,6-,7-/m0/s1. The van der Waals surface area contributed by atoms with Crippen molar-refractivity contribution in [2.45, 2.75) is 26.8 Å². The van der Waals surface area contributed by atoms with Crippen LogP contribution in [0.2, 0.25) is 0 Å². The summed E-state index contributed by atoms with van der Waals surface area (Å²) in [6, 6.07) is 0.741. The fourth-order valence-corrected chi connectivity index (χ4v) is 1.24. The van der Waals surface area contributed by atoms with Gasteiger partial charge in [-0.3, -0.25) is 0 Å². The van der Waals surface area contributed by atoms with E-state index < -0.39 is 0 Å². The van der Waals surface area contributed by atoms with Crippen LogP contribution in [0.15, 0.2) is 0 Å². The zero-order chi connectivity index (χ0) is 6.15. The highest BCUT2D eigenvalue weighted by Crippen LogP contribution is 2.19. The maximum atomic E-state index is 3.42. The smallest absolute Gasteiger partial charge is 0.00674 e. The fourth-order valence-electron chi connectivity index (χ4n) is 1.24. The zero-order valence-corrected chi connectivity index (χ0v) is 5.94. The lowest BCUT2D eigenvalue weighted by atomic mass is 9.95. The summed E-state index contributed by atoms with van der Waals surface area (Å²) in [5.74, 6) is 1.75. The van der Waals surface area contributed by atoms with E-state index in [2.05, 4.69) is 26.1 Å². The summed E-state index contributed by atoms with van der Waals surface area (Å²) in [4.78, 5) is 0. The van der Waals surface area contributed by atoms with Gasteiger partial charge in [-0.25, -0.2) is 0 Å². The van der Waals surface area contributed by atoms with Crippen molar-refractivity contribution in [3.8, 4) is 0 Å². The molecule has 1 saturated heterocycles. The summed E-state index contributed by atoms with van der Waals surface area (Å²) in [5.41, 5.74) is 0. The van der Waals surface area contributed by atoms with Crippen molar-refractivity contribution >= 4 is 0 Å². The minimum Gasteiger partial charge on any atom is -0.314 e. The lowest BCUT2D eigenvalue weighted by Crippen LogP contribution is -2.20. The molecule has 0 radical (unpaired) electrons. The van der Waals surface area contributed by atoms with E-state index >= 15 is 0 Å². The monoisotopic (exact) mass is 113 g/mol. The third-order valence-electron chi connectivity index (χ3n) is 2.45. The molecule has 3 atom stereocenters. The average Bonchev–Trinajstić information content (AvgIpc) is 1.98. The zero-order valence-electron chi connectivity index (χ0n) is 5.94. The maximum Gasteiger partial charge on any atom is 0.00674 e. The molecule has 1 aliphatic heterocycles. The van der Waals surface area contributed by atoms with E-state index in [1.54, 1.807) is 0 Å². The van der Waals surface area contributed by atoms with Gasteiger partial charge in [0.15, 0.2) is 0 Å². The topological polar surface area (TPSA) is 12.0 Å². The van der Waals surface area contributed by atoms with E-state index in [9.17, 15) is 0 Å². The normalized spacial score (nSPS) is 47.6. The summed E-state index contributed by atoms with van der Waals surface area (Å²) in [6.45, 7) is 8.09. The summed E-state index contributed by atoms with van der Waals surface area (Å²) in [5, 5.41) is 3.42. The summed E-state index contributed by atoms with van der Waals surface area (Å²) >= 11 is 0. The van der Waals surface area contributed by atoms with Crippen LogP contribution >= 0.6 is 0 Å². The van der Waals surface area contributed by atoms with Crippen molar-refractivity contribution in [1.29, 1.82) is 0 Å². The maximum absolute atomic E-state index is 3.42. The van der Waals surface area contributed by atoms with Crippen LogP contribution < -0.4 is 5.32 Å². The van der Waals surface area contributed by atoms with Crippen LogP contribution in [0.3, 0.4) is 0 Å². The highest BCUT2D eigenvalue weighted by molar-refractivity contribution is 4.81. The molecule has 1 fully saturated rings. The van der Waals surface area contributed by atoms with Crippen molar-refractivity contribution in [1.82, 2.24) is 5.32 Å². The summed E-state index contributed by atoms with van der Waals surface area (Å²) in [7, 11) is 0. The molecule has 0 spiro atoms. The Balaban J connectivity index is 2.44. The second-order valence-corrected chi connectivity index (χ2v) is 3.03. The van der Waals surface area contributed by atoms with Gasteiger partial charge in [0.05, 0.1) is 0 Å². The molecule has 0 aromatic heterocycles. The first-order valence-corrected chi connectivity index (χ1v) is 3.45. The molecular formula is C7H15N. The molecule has 0 unspecified atom stereocenters. The molecule has 1 heterocycles. The van der Waals surface area contributed by atoms with Crippen LogP contribution in [0.5, 0.6) is 0 Å². The molecule has 1 nitrogen and oxygen atoms in total. The molecule has 0 saturated carbocycles. The Morgan fingerprint density at radius 1 is 1.25 bits per heavy atom. The van der Waals surface area contributed by atoms with Crippen molar-refractivity contribution in [3.05, 3.63) is 0 Å². The summed E-state index contributed by atoms with van der Waals surface area (Å²) < 4.78 is 0. The Hall–Kier alpha value is -0.0400. The Morgan fingerprint density at radius 2 is 1.88 bits per heavy atom. The van der Waals surface area contributed by atoms with E-state index in [1.165, 1.54) is 6.54 Å². The minimum absolute atomic E-state index is 0.741. The highest BCUT2D eigenvalue weighted by Gasteiger charge is 2.24. The van der Waals surface area contributed by atoms with Gasteiger partial charge in [-0.15, -0.1) is 0 Å². The number of nitrogens with one attached hydrogen (secondary N) is 1. The largest absolute Gasteiger partial charge is 0.314 e. The van der Waals surface area contributed by atoms with Crippen LogP contribution in [0.1, 0.15) is 20.8 Å². The van der Waals surface area contributed by atoms with Gasteiger partial charge in [0.25, 0.3) is 0 Å². The van der Waals surface area contributed by atoms with Crippen LogP contribution in [-0.2, 0) is 0 Å². The quantitative estimate of drug-likeness (QED) is 0.498. The van der Waals surface area contributed by atoms with Gasteiger partial charge < -0.3 is 5.32 Å². The molecule has 48 valence electrons. The number of hydrogen-bond donors (Lipinski definition) is 1. The Kier molecular flexibility index (Phi) is 1.57. The van der Waals surface area contributed by atoms with Gasteiger partial charge in [0, 0.05) is 6.04 Å². The Bertz CT molecular complexity index is 70.5. The molecule has 8 heavy (non-hydrogen) atoms. The first-order valence-electron chi connectivity index (χ1n) is 3.45. The molecule has 1 N–H and O–H groups in total. The molecule has 0 bridgehead atoms. The molecule has 0 aliphatic carbocycles. The van der Waals surface area contributed by atoms with E-state index in [1.807, 2.05) is 0 Å². The second kappa shape index (κ2) is 2.06. The van der Waals surface area contributed by atoms with E-state index in [-0.39, 0.29) is 0 Å². The van der Waals surface area contributed by atoms with Crippen LogP contribution in [-0.4, -0.2) is 12.6 Å². The van der Waals surface area contributed by atoms with Crippen molar-refractivity contribution in [2.75, 3.05) is 6.54 Å². The van der Waals surface area contributed by atoms with Crippen LogP contribution in [0.25, 0.3) is 0 Å². The van der Waals surface area contributed by atoms with E-state index in [0.29, 0.717) is 0 Å². The Morgan fingerprint density at radius 3 is 2.00 bits per heavy atom.